The first kappa shape index (κ1) is 20.5. The number of amides is 1. The van der Waals surface area contributed by atoms with Crippen molar-refractivity contribution in [2.45, 2.75) is 63.8 Å². The van der Waals surface area contributed by atoms with Crippen LogP contribution in [-0.4, -0.2) is 61.1 Å². The quantitative estimate of drug-likeness (QED) is 0.733. The maximum atomic E-state index is 13.0. The molecule has 1 saturated carbocycles. The molecule has 0 radical (unpaired) electrons. The van der Waals surface area contributed by atoms with Gasteiger partial charge < -0.3 is 14.5 Å². The van der Waals surface area contributed by atoms with Crippen LogP contribution in [0.3, 0.4) is 0 Å². The Labute approximate surface area is 182 Å². The Balaban J connectivity index is 1.17. The average molecular weight is 411 g/mol. The van der Waals surface area contributed by atoms with Crippen LogP contribution in [0.25, 0.3) is 0 Å². The van der Waals surface area contributed by atoms with Gasteiger partial charge in [-0.15, -0.1) is 0 Å². The zero-order chi connectivity index (χ0) is 20.5. The van der Waals surface area contributed by atoms with Crippen LogP contribution in [0.1, 0.15) is 62.5 Å². The van der Waals surface area contributed by atoms with Crippen LogP contribution >= 0.6 is 0 Å². The fourth-order valence-corrected chi connectivity index (χ4v) is 6.59. The number of benzene rings is 1. The molecule has 1 aromatic rings. The lowest BCUT2D eigenvalue weighted by atomic mass is 9.86. The largest absolute Gasteiger partial charge is 0.381 e. The van der Waals surface area contributed by atoms with E-state index in [4.69, 9.17) is 4.74 Å². The SMILES string of the molecule is C[C@@H]1CCCN1CCc1ccc([C@H]2CC[C@@H]3CN(C(=O)C4CCOCC4)C[C@@H]32)cc1. The Kier molecular flexibility index (Phi) is 6.15. The molecule has 3 aliphatic heterocycles. The van der Waals surface area contributed by atoms with E-state index in [0.29, 0.717) is 23.7 Å². The molecule has 4 nitrogen and oxygen atoms in total. The summed E-state index contributed by atoms with van der Waals surface area (Å²) in [5.41, 5.74) is 2.97. The van der Waals surface area contributed by atoms with Gasteiger partial charge in [0.05, 0.1) is 0 Å². The van der Waals surface area contributed by atoms with Gasteiger partial charge >= 0.3 is 0 Å². The van der Waals surface area contributed by atoms with Gasteiger partial charge in [-0.1, -0.05) is 24.3 Å². The maximum Gasteiger partial charge on any atom is 0.225 e. The summed E-state index contributed by atoms with van der Waals surface area (Å²) in [6, 6.07) is 10.3. The van der Waals surface area contributed by atoms with Gasteiger partial charge in [0.1, 0.15) is 0 Å². The second kappa shape index (κ2) is 9.00. The van der Waals surface area contributed by atoms with Crippen LogP contribution in [0.4, 0.5) is 0 Å². The van der Waals surface area contributed by atoms with Crippen molar-refractivity contribution in [2.24, 2.45) is 17.8 Å². The molecule has 3 heterocycles. The van der Waals surface area contributed by atoms with Crippen molar-refractivity contribution in [1.82, 2.24) is 9.80 Å². The van der Waals surface area contributed by atoms with Gasteiger partial charge in [0.15, 0.2) is 0 Å². The van der Waals surface area contributed by atoms with Crippen molar-refractivity contribution in [3.05, 3.63) is 35.4 Å². The minimum Gasteiger partial charge on any atom is -0.381 e. The highest BCUT2D eigenvalue weighted by molar-refractivity contribution is 5.79. The van der Waals surface area contributed by atoms with E-state index in [9.17, 15) is 4.79 Å². The Morgan fingerprint density at radius 2 is 1.83 bits per heavy atom. The van der Waals surface area contributed by atoms with Crippen molar-refractivity contribution in [1.29, 1.82) is 0 Å². The second-order valence-corrected chi connectivity index (χ2v) is 10.3. The second-order valence-electron chi connectivity index (χ2n) is 10.3. The van der Waals surface area contributed by atoms with E-state index in [-0.39, 0.29) is 5.92 Å². The summed E-state index contributed by atoms with van der Waals surface area (Å²) in [5.74, 6) is 2.60. The summed E-state index contributed by atoms with van der Waals surface area (Å²) in [4.78, 5) is 17.8. The van der Waals surface area contributed by atoms with E-state index in [1.165, 1.54) is 49.9 Å². The molecule has 0 spiro atoms. The smallest absolute Gasteiger partial charge is 0.225 e. The molecule has 1 amide bonds. The lowest BCUT2D eigenvalue weighted by Gasteiger charge is -2.27. The molecular weight excluding hydrogens is 372 g/mol. The number of fused-ring (bicyclic) bond motifs is 1. The molecular formula is C26H38N2O2. The van der Waals surface area contributed by atoms with Crippen molar-refractivity contribution in [2.75, 3.05) is 39.4 Å². The van der Waals surface area contributed by atoms with Crippen LogP contribution in [0.2, 0.25) is 0 Å². The van der Waals surface area contributed by atoms with Gasteiger partial charge in [0.25, 0.3) is 0 Å². The predicted octanol–water partition coefficient (Wildman–Crippen LogP) is 4.09. The van der Waals surface area contributed by atoms with Crippen molar-refractivity contribution in [3.8, 4) is 0 Å². The number of hydrogen-bond donors (Lipinski definition) is 0. The average Bonchev–Trinajstić information content (AvgIpc) is 3.49. The molecule has 30 heavy (non-hydrogen) atoms. The van der Waals surface area contributed by atoms with E-state index in [0.717, 1.165) is 51.6 Å². The lowest BCUT2D eigenvalue weighted by Crippen LogP contribution is -2.37. The van der Waals surface area contributed by atoms with E-state index >= 15 is 0 Å². The van der Waals surface area contributed by atoms with Gasteiger partial charge in [-0.3, -0.25) is 4.79 Å². The van der Waals surface area contributed by atoms with E-state index in [1.54, 1.807) is 0 Å². The zero-order valence-electron chi connectivity index (χ0n) is 18.6. The normalized spacial score (nSPS) is 32.6. The number of ether oxygens (including phenoxy) is 1. The minimum absolute atomic E-state index is 0.202. The highest BCUT2D eigenvalue weighted by Gasteiger charge is 2.45. The van der Waals surface area contributed by atoms with Crippen LogP contribution < -0.4 is 0 Å². The number of likely N-dealkylation sites (tertiary alicyclic amines) is 2. The summed E-state index contributed by atoms with van der Waals surface area (Å²) < 4.78 is 5.45. The molecule has 1 aliphatic carbocycles. The lowest BCUT2D eigenvalue weighted by molar-refractivity contribution is -0.137. The van der Waals surface area contributed by atoms with E-state index in [1.807, 2.05) is 0 Å². The van der Waals surface area contributed by atoms with E-state index in [2.05, 4.69) is 41.0 Å². The monoisotopic (exact) mass is 410 g/mol. The third kappa shape index (κ3) is 4.18. The molecule has 0 bridgehead atoms. The van der Waals surface area contributed by atoms with Crippen LogP contribution in [0.15, 0.2) is 24.3 Å². The number of nitrogens with zero attached hydrogens (tertiary/aromatic N) is 2. The number of rotatable bonds is 5. The number of carbonyl (C=O) groups is 1. The summed E-state index contributed by atoms with van der Waals surface area (Å²) in [6.45, 7) is 8.30. The summed E-state index contributed by atoms with van der Waals surface area (Å²) in [5, 5.41) is 0. The molecule has 0 N–H and O–H groups in total. The maximum absolute atomic E-state index is 13.0. The van der Waals surface area contributed by atoms with Crippen LogP contribution in [0, 0.1) is 17.8 Å². The third-order valence-electron chi connectivity index (χ3n) is 8.53. The standard InChI is InChI=1S/C26H38N2O2/c1-19-3-2-13-27(19)14-10-20-4-6-21(7-5-20)24-9-8-23-17-28(18-25(23)24)26(29)22-11-15-30-16-12-22/h4-7,19,22-25H,2-3,8-18H2,1H3/t19-,23-,24-,25+/m1/s1. The molecule has 4 fully saturated rings. The van der Waals surface area contributed by atoms with Crippen LogP contribution in [0.5, 0.6) is 0 Å². The number of hydrogen-bond acceptors (Lipinski definition) is 3. The molecule has 4 atom stereocenters. The Morgan fingerprint density at radius 3 is 2.57 bits per heavy atom. The fourth-order valence-electron chi connectivity index (χ4n) is 6.59. The molecule has 5 rings (SSSR count). The predicted molar refractivity (Wildman–Crippen MR) is 119 cm³/mol. The topological polar surface area (TPSA) is 32.8 Å². The number of carbonyl (C=O) groups excluding carboxylic acids is 1. The third-order valence-corrected chi connectivity index (χ3v) is 8.53. The molecule has 164 valence electrons. The molecule has 3 saturated heterocycles. The Morgan fingerprint density at radius 1 is 1.03 bits per heavy atom. The Bertz CT molecular complexity index is 727. The van der Waals surface area contributed by atoms with Crippen molar-refractivity contribution in [3.63, 3.8) is 0 Å². The highest BCUT2D eigenvalue weighted by Crippen LogP contribution is 2.48. The molecule has 4 aliphatic rings. The van der Waals surface area contributed by atoms with Gasteiger partial charge in [0.2, 0.25) is 5.91 Å². The van der Waals surface area contributed by atoms with Gasteiger partial charge in [0, 0.05) is 44.8 Å². The first-order chi connectivity index (χ1) is 14.7. The molecule has 0 unspecified atom stereocenters. The first-order valence-corrected chi connectivity index (χ1v) is 12.4. The highest BCUT2D eigenvalue weighted by atomic mass is 16.5. The molecule has 1 aromatic carbocycles. The van der Waals surface area contributed by atoms with Crippen molar-refractivity contribution >= 4 is 5.91 Å². The summed E-state index contributed by atoms with van der Waals surface area (Å²) in [7, 11) is 0. The molecule has 0 aromatic heterocycles. The molecule has 4 heteroatoms. The van der Waals surface area contributed by atoms with Crippen molar-refractivity contribution < 1.29 is 9.53 Å². The summed E-state index contributed by atoms with van der Waals surface area (Å²) >= 11 is 0. The van der Waals surface area contributed by atoms with E-state index < -0.39 is 0 Å². The van der Waals surface area contributed by atoms with Gasteiger partial charge in [-0.2, -0.15) is 0 Å². The zero-order valence-corrected chi connectivity index (χ0v) is 18.6. The minimum atomic E-state index is 0.202. The summed E-state index contributed by atoms with van der Waals surface area (Å²) in [6.07, 6.45) is 8.27. The Hall–Kier alpha value is -1.39. The fraction of sp³-hybridized carbons (Fsp3) is 0.731. The van der Waals surface area contributed by atoms with Gasteiger partial charge in [-0.05, 0) is 87.3 Å². The van der Waals surface area contributed by atoms with Crippen LogP contribution in [-0.2, 0) is 16.0 Å². The first-order valence-electron chi connectivity index (χ1n) is 12.4. The van der Waals surface area contributed by atoms with Gasteiger partial charge in [-0.25, -0.2) is 0 Å².